The van der Waals surface area contributed by atoms with E-state index in [1.807, 2.05) is 0 Å². The van der Waals surface area contributed by atoms with E-state index in [0.717, 1.165) is 25.7 Å². The monoisotopic (exact) mass is 158 g/mol. The molecular weight excluding hydrogens is 144 g/mol. The average Bonchev–Trinajstić information content (AvgIpc) is 2.07. The molecule has 0 amide bonds. The Labute approximate surface area is 66.6 Å². The van der Waals surface area contributed by atoms with Crippen molar-refractivity contribution >= 4 is 0 Å². The molecule has 1 rings (SSSR count). The van der Waals surface area contributed by atoms with Crippen molar-refractivity contribution in [1.82, 2.24) is 0 Å². The van der Waals surface area contributed by atoms with E-state index < -0.39 is 0 Å². The predicted octanol–water partition coefficient (Wildman–Crippen LogP) is 1.60. The summed E-state index contributed by atoms with van der Waals surface area (Å²) in [6.07, 6.45) is 5.77. The molecule has 1 aliphatic rings. The van der Waals surface area contributed by atoms with Crippen molar-refractivity contribution in [2.75, 3.05) is 13.2 Å². The van der Waals surface area contributed by atoms with Crippen LogP contribution in [0.25, 0.3) is 0 Å². The standard InChI is InChI=1S/C8H14O3/c9-5-3-7-11-8-4-1-2-6-10-8/h3,5,8-9H,1-2,4,6-7H2/b5-3+/t8-/m1/s1. The van der Waals surface area contributed by atoms with Crippen molar-refractivity contribution in [2.45, 2.75) is 25.6 Å². The number of ether oxygens (including phenoxy) is 2. The van der Waals surface area contributed by atoms with Crippen LogP contribution in [0.5, 0.6) is 0 Å². The molecular formula is C8H14O3. The van der Waals surface area contributed by atoms with Crippen LogP contribution in [0.1, 0.15) is 19.3 Å². The summed E-state index contributed by atoms with van der Waals surface area (Å²) in [6.45, 7) is 1.23. The van der Waals surface area contributed by atoms with Crippen LogP contribution < -0.4 is 0 Å². The smallest absolute Gasteiger partial charge is 0.158 e. The van der Waals surface area contributed by atoms with Gasteiger partial charge in [-0.3, -0.25) is 0 Å². The normalized spacial score (nSPS) is 26.0. The Morgan fingerprint density at radius 1 is 1.55 bits per heavy atom. The first-order valence-electron chi connectivity index (χ1n) is 3.96. The second kappa shape index (κ2) is 5.16. The minimum atomic E-state index is -0.0556. The molecule has 1 N–H and O–H groups in total. The van der Waals surface area contributed by atoms with Gasteiger partial charge in [0.05, 0.1) is 12.9 Å². The number of rotatable bonds is 3. The number of aliphatic hydroxyl groups is 1. The third-order valence-electron chi connectivity index (χ3n) is 1.62. The molecule has 64 valence electrons. The van der Waals surface area contributed by atoms with Crippen molar-refractivity contribution in [1.29, 1.82) is 0 Å². The van der Waals surface area contributed by atoms with Crippen LogP contribution in [-0.4, -0.2) is 24.6 Å². The van der Waals surface area contributed by atoms with E-state index in [4.69, 9.17) is 14.6 Å². The molecule has 1 fully saturated rings. The first kappa shape index (κ1) is 8.56. The zero-order chi connectivity index (χ0) is 7.94. The lowest BCUT2D eigenvalue weighted by Crippen LogP contribution is -2.22. The highest BCUT2D eigenvalue weighted by Gasteiger charge is 2.12. The molecule has 0 aliphatic carbocycles. The maximum absolute atomic E-state index is 8.29. The summed E-state index contributed by atoms with van der Waals surface area (Å²) in [4.78, 5) is 0. The van der Waals surface area contributed by atoms with Gasteiger partial charge in [-0.05, 0) is 25.3 Å². The lowest BCUT2D eigenvalue weighted by molar-refractivity contribution is -0.155. The third-order valence-corrected chi connectivity index (χ3v) is 1.62. The fraction of sp³-hybridized carbons (Fsp3) is 0.750. The molecule has 1 aliphatic heterocycles. The van der Waals surface area contributed by atoms with E-state index in [0.29, 0.717) is 6.61 Å². The van der Waals surface area contributed by atoms with E-state index in [9.17, 15) is 0 Å². The van der Waals surface area contributed by atoms with Gasteiger partial charge in [-0.1, -0.05) is 0 Å². The minimum absolute atomic E-state index is 0.0556. The van der Waals surface area contributed by atoms with Crippen LogP contribution in [0, 0.1) is 0 Å². The molecule has 1 heterocycles. The van der Waals surface area contributed by atoms with E-state index in [1.165, 1.54) is 6.42 Å². The summed E-state index contributed by atoms with van der Waals surface area (Å²) in [7, 11) is 0. The van der Waals surface area contributed by atoms with Crippen LogP contribution in [0.4, 0.5) is 0 Å². The van der Waals surface area contributed by atoms with Gasteiger partial charge in [0, 0.05) is 6.61 Å². The molecule has 3 heteroatoms. The van der Waals surface area contributed by atoms with Crippen molar-refractivity contribution in [2.24, 2.45) is 0 Å². The zero-order valence-electron chi connectivity index (χ0n) is 6.53. The molecule has 11 heavy (non-hydrogen) atoms. The number of aliphatic hydroxyl groups excluding tert-OH is 1. The van der Waals surface area contributed by atoms with Crippen molar-refractivity contribution in [3.8, 4) is 0 Å². The molecule has 0 aromatic rings. The second-order valence-corrected chi connectivity index (χ2v) is 2.51. The Morgan fingerprint density at radius 3 is 3.09 bits per heavy atom. The van der Waals surface area contributed by atoms with Crippen molar-refractivity contribution in [3.05, 3.63) is 12.3 Å². The number of hydrogen-bond acceptors (Lipinski definition) is 3. The van der Waals surface area contributed by atoms with Gasteiger partial charge in [0.1, 0.15) is 0 Å². The molecule has 0 radical (unpaired) electrons. The largest absolute Gasteiger partial charge is 0.516 e. The minimum Gasteiger partial charge on any atom is -0.516 e. The van der Waals surface area contributed by atoms with Gasteiger partial charge < -0.3 is 14.6 Å². The summed E-state index contributed by atoms with van der Waals surface area (Å²) in [5.74, 6) is 0. The van der Waals surface area contributed by atoms with Crippen LogP contribution >= 0.6 is 0 Å². The van der Waals surface area contributed by atoms with E-state index in [2.05, 4.69) is 0 Å². The lowest BCUT2D eigenvalue weighted by Gasteiger charge is -2.21. The fourth-order valence-corrected chi connectivity index (χ4v) is 1.05. The Morgan fingerprint density at radius 2 is 2.45 bits per heavy atom. The molecule has 0 aromatic carbocycles. The van der Waals surface area contributed by atoms with Gasteiger partial charge in [-0.15, -0.1) is 0 Å². The van der Waals surface area contributed by atoms with Gasteiger partial charge in [0.15, 0.2) is 6.29 Å². The summed E-state index contributed by atoms with van der Waals surface area (Å²) in [5, 5.41) is 8.29. The second-order valence-electron chi connectivity index (χ2n) is 2.51. The molecule has 1 saturated heterocycles. The third kappa shape index (κ3) is 3.39. The van der Waals surface area contributed by atoms with Gasteiger partial charge in [0.25, 0.3) is 0 Å². The average molecular weight is 158 g/mol. The van der Waals surface area contributed by atoms with E-state index >= 15 is 0 Å². The van der Waals surface area contributed by atoms with Crippen molar-refractivity contribution in [3.63, 3.8) is 0 Å². The molecule has 3 nitrogen and oxygen atoms in total. The zero-order valence-corrected chi connectivity index (χ0v) is 6.53. The molecule has 0 bridgehead atoms. The molecule has 0 spiro atoms. The Balaban J connectivity index is 2.04. The maximum Gasteiger partial charge on any atom is 0.158 e. The Hall–Kier alpha value is -0.540. The Kier molecular flexibility index (Phi) is 4.01. The highest BCUT2D eigenvalue weighted by Crippen LogP contribution is 2.13. The first-order valence-corrected chi connectivity index (χ1v) is 3.96. The molecule has 0 unspecified atom stereocenters. The van der Waals surface area contributed by atoms with E-state index in [-0.39, 0.29) is 6.29 Å². The predicted molar refractivity (Wildman–Crippen MR) is 41.3 cm³/mol. The van der Waals surface area contributed by atoms with Gasteiger partial charge >= 0.3 is 0 Å². The first-order chi connectivity index (χ1) is 5.43. The maximum atomic E-state index is 8.29. The van der Waals surface area contributed by atoms with Crippen molar-refractivity contribution < 1.29 is 14.6 Å². The van der Waals surface area contributed by atoms with Crippen LogP contribution in [0.15, 0.2) is 12.3 Å². The quantitative estimate of drug-likeness (QED) is 0.634. The highest BCUT2D eigenvalue weighted by atomic mass is 16.7. The van der Waals surface area contributed by atoms with Crippen LogP contribution in [0.2, 0.25) is 0 Å². The van der Waals surface area contributed by atoms with Crippen LogP contribution in [0.3, 0.4) is 0 Å². The summed E-state index contributed by atoms with van der Waals surface area (Å²) in [5.41, 5.74) is 0. The summed E-state index contributed by atoms with van der Waals surface area (Å²) < 4.78 is 10.5. The number of hydrogen-bond donors (Lipinski definition) is 1. The van der Waals surface area contributed by atoms with Crippen LogP contribution in [-0.2, 0) is 9.47 Å². The van der Waals surface area contributed by atoms with Gasteiger partial charge in [0.2, 0.25) is 0 Å². The van der Waals surface area contributed by atoms with Gasteiger partial charge in [-0.25, -0.2) is 0 Å². The molecule has 0 saturated carbocycles. The summed E-state index contributed by atoms with van der Waals surface area (Å²) >= 11 is 0. The Bertz CT molecular complexity index is 117. The lowest BCUT2D eigenvalue weighted by atomic mass is 10.2. The van der Waals surface area contributed by atoms with Gasteiger partial charge in [-0.2, -0.15) is 0 Å². The molecule has 1 atom stereocenters. The molecule has 0 aromatic heterocycles. The SMILES string of the molecule is O/C=C/CO[C@@H]1CCCCO1. The van der Waals surface area contributed by atoms with E-state index in [1.54, 1.807) is 6.08 Å². The fourth-order valence-electron chi connectivity index (χ4n) is 1.05. The summed E-state index contributed by atoms with van der Waals surface area (Å²) in [6, 6.07) is 0. The topological polar surface area (TPSA) is 38.7 Å². The highest BCUT2D eigenvalue weighted by molar-refractivity contribution is 4.70.